The number of likely N-dealkylation sites (tertiary alicyclic amines) is 1. The zero-order chi connectivity index (χ0) is 17.6. The van der Waals surface area contributed by atoms with E-state index in [0.29, 0.717) is 11.5 Å². The van der Waals surface area contributed by atoms with Gasteiger partial charge in [-0.1, -0.05) is 6.07 Å². The van der Waals surface area contributed by atoms with Crippen molar-refractivity contribution in [2.24, 2.45) is 0 Å². The Morgan fingerprint density at radius 1 is 1.12 bits per heavy atom. The number of benzene rings is 1. The van der Waals surface area contributed by atoms with E-state index in [1.807, 2.05) is 11.0 Å². The van der Waals surface area contributed by atoms with Gasteiger partial charge < -0.3 is 14.4 Å². The number of ether oxygens (including phenoxy) is 2. The molecular formula is C19H23N3O3. The number of hydrogen-bond acceptors (Lipinski definition) is 5. The zero-order valence-electron chi connectivity index (χ0n) is 14.6. The maximum atomic E-state index is 12.5. The first-order valence-corrected chi connectivity index (χ1v) is 8.62. The molecule has 1 fully saturated rings. The summed E-state index contributed by atoms with van der Waals surface area (Å²) in [4.78, 5) is 22.5. The standard InChI is InChI=1S/C19H23N3O3/c1-14-6-3-7-15(2)22(14)18(23)13-24-16-8-4-9-17(12-16)25-19-20-10-5-11-21-19/h4-5,8-12,14-15H,3,6-7,13H2,1-2H3. The fourth-order valence-electron chi connectivity index (χ4n) is 3.20. The van der Waals surface area contributed by atoms with E-state index in [1.165, 1.54) is 6.42 Å². The molecule has 1 aromatic heterocycles. The summed E-state index contributed by atoms with van der Waals surface area (Å²) in [5, 5.41) is 0. The molecule has 2 aromatic rings. The SMILES string of the molecule is CC1CCCC(C)N1C(=O)COc1cccc(Oc2ncccn2)c1. The molecule has 25 heavy (non-hydrogen) atoms. The van der Waals surface area contributed by atoms with Crippen molar-refractivity contribution in [3.63, 3.8) is 0 Å². The number of hydrogen-bond donors (Lipinski definition) is 0. The van der Waals surface area contributed by atoms with Gasteiger partial charge in [-0.2, -0.15) is 0 Å². The minimum Gasteiger partial charge on any atom is -0.484 e. The molecule has 2 unspecified atom stereocenters. The highest BCUT2D eigenvalue weighted by Crippen LogP contribution is 2.25. The second-order valence-corrected chi connectivity index (χ2v) is 6.33. The van der Waals surface area contributed by atoms with E-state index in [4.69, 9.17) is 9.47 Å². The summed E-state index contributed by atoms with van der Waals surface area (Å²) in [7, 11) is 0. The molecular weight excluding hydrogens is 318 g/mol. The fourth-order valence-corrected chi connectivity index (χ4v) is 3.20. The van der Waals surface area contributed by atoms with Gasteiger partial charge >= 0.3 is 6.01 Å². The Balaban J connectivity index is 1.59. The van der Waals surface area contributed by atoms with Crippen LogP contribution in [0.15, 0.2) is 42.7 Å². The Morgan fingerprint density at radius 3 is 2.52 bits per heavy atom. The van der Waals surface area contributed by atoms with Crippen LogP contribution in [0.4, 0.5) is 0 Å². The third-order valence-electron chi connectivity index (χ3n) is 4.40. The van der Waals surface area contributed by atoms with Gasteiger partial charge in [0.25, 0.3) is 5.91 Å². The van der Waals surface area contributed by atoms with Crippen LogP contribution in [-0.2, 0) is 4.79 Å². The molecule has 1 aromatic carbocycles. The summed E-state index contributed by atoms with van der Waals surface area (Å²) < 4.78 is 11.3. The molecule has 0 N–H and O–H groups in total. The summed E-state index contributed by atoms with van der Waals surface area (Å²) in [6, 6.07) is 9.66. The predicted octanol–water partition coefficient (Wildman–Crippen LogP) is 3.44. The fraction of sp³-hybridized carbons (Fsp3) is 0.421. The first-order chi connectivity index (χ1) is 12.1. The third-order valence-corrected chi connectivity index (χ3v) is 4.40. The Hall–Kier alpha value is -2.63. The van der Waals surface area contributed by atoms with Crippen molar-refractivity contribution in [3.05, 3.63) is 42.7 Å². The van der Waals surface area contributed by atoms with Crippen LogP contribution in [0.1, 0.15) is 33.1 Å². The molecule has 0 bridgehead atoms. The third kappa shape index (κ3) is 4.47. The van der Waals surface area contributed by atoms with Crippen LogP contribution in [0.2, 0.25) is 0 Å². The number of carbonyl (C=O) groups excluding carboxylic acids is 1. The summed E-state index contributed by atoms with van der Waals surface area (Å²) in [5.74, 6) is 1.17. The van der Waals surface area contributed by atoms with Crippen molar-refractivity contribution >= 4 is 5.91 Å². The van der Waals surface area contributed by atoms with Crippen LogP contribution < -0.4 is 9.47 Å². The molecule has 2 heterocycles. The lowest BCUT2D eigenvalue weighted by molar-refractivity contribution is -0.139. The van der Waals surface area contributed by atoms with Crippen molar-refractivity contribution in [1.82, 2.24) is 14.9 Å². The number of nitrogens with zero attached hydrogens (tertiary/aromatic N) is 3. The highest BCUT2D eigenvalue weighted by atomic mass is 16.5. The van der Waals surface area contributed by atoms with E-state index in [9.17, 15) is 4.79 Å². The smallest absolute Gasteiger partial charge is 0.321 e. The summed E-state index contributed by atoms with van der Waals surface area (Å²) in [6.07, 6.45) is 6.51. The van der Waals surface area contributed by atoms with Gasteiger partial charge in [-0.15, -0.1) is 0 Å². The Kier molecular flexibility index (Phi) is 5.48. The van der Waals surface area contributed by atoms with Gasteiger partial charge in [0.2, 0.25) is 0 Å². The molecule has 6 heteroatoms. The molecule has 1 aliphatic rings. The van der Waals surface area contributed by atoms with E-state index < -0.39 is 0 Å². The predicted molar refractivity (Wildman–Crippen MR) is 93.7 cm³/mol. The summed E-state index contributed by atoms with van der Waals surface area (Å²) in [6.45, 7) is 4.23. The molecule has 6 nitrogen and oxygen atoms in total. The van der Waals surface area contributed by atoms with E-state index in [2.05, 4.69) is 23.8 Å². The normalized spacial score (nSPS) is 20.2. The molecule has 0 aliphatic carbocycles. The van der Waals surface area contributed by atoms with Crippen LogP contribution in [0, 0.1) is 0 Å². The van der Waals surface area contributed by atoms with E-state index >= 15 is 0 Å². The maximum absolute atomic E-state index is 12.5. The molecule has 1 amide bonds. The van der Waals surface area contributed by atoms with Crippen LogP contribution in [0.3, 0.4) is 0 Å². The second-order valence-electron chi connectivity index (χ2n) is 6.33. The average Bonchev–Trinajstić information content (AvgIpc) is 2.61. The van der Waals surface area contributed by atoms with Crippen LogP contribution in [0.5, 0.6) is 17.5 Å². The van der Waals surface area contributed by atoms with E-state index in [-0.39, 0.29) is 30.6 Å². The Labute approximate surface area is 147 Å². The van der Waals surface area contributed by atoms with Crippen molar-refractivity contribution in [2.45, 2.75) is 45.2 Å². The summed E-state index contributed by atoms with van der Waals surface area (Å²) in [5.41, 5.74) is 0. The van der Waals surface area contributed by atoms with Gasteiger partial charge in [0.15, 0.2) is 6.61 Å². The minimum atomic E-state index is 0.0254. The van der Waals surface area contributed by atoms with Crippen LogP contribution in [-0.4, -0.2) is 39.5 Å². The molecule has 3 rings (SSSR count). The Morgan fingerprint density at radius 2 is 1.80 bits per heavy atom. The first kappa shape index (κ1) is 17.2. The van der Waals surface area contributed by atoms with Gasteiger partial charge in [0.1, 0.15) is 11.5 Å². The maximum Gasteiger partial charge on any atom is 0.321 e. The number of amides is 1. The number of piperidine rings is 1. The molecule has 0 saturated carbocycles. The van der Waals surface area contributed by atoms with Crippen molar-refractivity contribution in [2.75, 3.05) is 6.61 Å². The van der Waals surface area contributed by atoms with Crippen molar-refractivity contribution < 1.29 is 14.3 Å². The number of rotatable bonds is 5. The highest BCUT2D eigenvalue weighted by molar-refractivity contribution is 5.78. The van der Waals surface area contributed by atoms with Crippen LogP contribution >= 0.6 is 0 Å². The molecule has 1 saturated heterocycles. The zero-order valence-corrected chi connectivity index (χ0v) is 14.6. The van der Waals surface area contributed by atoms with Gasteiger partial charge in [0.05, 0.1) is 0 Å². The van der Waals surface area contributed by atoms with E-state index in [0.717, 1.165) is 12.8 Å². The van der Waals surface area contributed by atoms with Gasteiger partial charge in [-0.05, 0) is 51.3 Å². The number of carbonyl (C=O) groups is 1. The van der Waals surface area contributed by atoms with Crippen molar-refractivity contribution in [3.8, 4) is 17.5 Å². The molecule has 0 radical (unpaired) electrons. The van der Waals surface area contributed by atoms with E-state index in [1.54, 1.807) is 36.7 Å². The summed E-state index contributed by atoms with van der Waals surface area (Å²) >= 11 is 0. The largest absolute Gasteiger partial charge is 0.484 e. The van der Waals surface area contributed by atoms with Gasteiger partial charge in [0, 0.05) is 30.5 Å². The molecule has 2 atom stereocenters. The average molecular weight is 341 g/mol. The lowest BCUT2D eigenvalue weighted by Gasteiger charge is -2.38. The molecule has 132 valence electrons. The minimum absolute atomic E-state index is 0.0254. The first-order valence-electron chi connectivity index (χ1n) is 8.62. The lowest BCUT2D eigenvalue weighted by Crippen LogP contribution is -2.49. The lowest BCUT2D eigenvalue weighted by atomic mass is 9.97. The highest BCUT2D eigenvalue weighted by Gasteiger charge is 2.28. The number of aromatic nitrogens is 2. The quantitative estimate of drug-likeness (QED) is 0.833. The van der Waals surface area contributed by atoms with Crippen LogP contribution in [0.25, 0.3) is 0 Å². The topological polar surface area (TPSA) is 64.6 Å². The molecule has 0 spiro atoms. The molecule has 1 aliphatic heterocycles. The second kappa shape index (κ2) is 7.96. The van der Waals surface area contributed by atoms with Gasteiger partial charge in [-0.25, -0.2) is 9.97 Å². The Bertz CT molecular complexity index is 698. The monoisotopic (exact) mass is 341 g/mol. The van der Waals surface area contributed by atoms with Crippen molar-refractivity contribution in [1.29, 1.82) is 0 Å². The van der Waals surface area contributed by atoms with Gasteiger partial charge in [-0.3, -0.25) is 4.79 Å².